The summed E-state index contributed by atoms with van der Waals surface area (Å²) in [5.41, 5.74) is 6.03. The first kappa shape index (κ1) is 20.2. The van der Waals surface area contributed by atoms with Crippen molar-refractivity contribution in [1.82, 2.24) is 0 Å². The largest absolute Gasteiger partial charge is 0.486 e. The number of benzene rings is 1. The fourth-order valence-corrected chi connectivity index (χ4v) is 4.29. The maximum Gasteiger partial charge on any atom is 0.486 e. The molecule has 136 valence electrons. The van der Waals surface area contributed by atoms with E-state index in [0.717, 1.165) is 6.42 Å². The molecule has 0 unspecified atom stereocenters. The molecule has 0 aromatic heterocycles. The molecule has 1 aromatic rings. The van der Waals surface area contributed by atoms with Crippen molar-refractivity contribution in [3.05, 3.63) is 53.1 Å². The Morgan fingerprint density at radius 1 is 1.04 bits per heavy atom. The van der Waals surface area contributed by atoms with Gasteiger partial charge in [0.25, 0.3) is 0 Å². The number of aryl methyl sites for hydroxylation is 1. The summed E-state index contributed by atoms with van der Waals surface area (Å²) in [4.78, 5) is 0. The third-order valence-electron chi connectivity index (χ3n) is 5.00. The molecular weight excluding hydrogens is 323 g/mol. The standard InChI is InChI=1S/C21H33BO2Si/c1-17-12-9-10-14-19(17)18(16-25(6,7)8)13-11-15-22-23-20(2,3)21(4,5)24-22/h9-12,14-16H,13H2,1-8H3/b15-11+,18-16-. The Kier molecular flexibility index (Phi) is 5.87. The Balaban J connectivity index is 2.17. The molecule has 1 heterocycles. The van der Waals surface area contributed by atoms with Crippen LogP contribution in [0.3, 0.4) is 0 Å². The molecule has 25 heavy (non-hydrogen) atoms. The van der Waals surface area contributed by atoms with Crippen molar-refractivity contribution < 1.29 is 9.31 Å². The number of hydrogen-bond acceptors (Lipinski definition) is 2. The third-order valence-corrected chi connectivity index (χ3v) is 6.22. The van der Waals surface area contributed by atoms with Crippen molar-refractivity contribution in [2.45, 2.75) is 71.9 Å². The van der Waals surface area contributed by atoms with Crippen molar-refractivity contribution in [2.24, 2.45) is 0 Å². The fourth-order valence-electron chi connectivity index (χ4n) is 2.98. The van der Waals surface area contributed by atoms with Gasteiger partial charge in [0.15, 0.2) is 0 Å². The van der Waals surface area contributed by atoms with E-state index in [9.17, 15) is 0 Å². The van der Waals surface area contributed by atoms with Gasteiger partial charge in [-0.15, -0.1) is 0 Å². The van der Waals surface area contributed by atoms with Crippen molar-refractivity contribution in [3.63, 3.8) is 0 Å². The first-order valence-electron chi connectivity index (χ1n) is 9.21. The first-order chi connectivity index (χ1) is 11.4. The smallest absolute Gasteiger partial charge is 0.400 e. The molecule has 0 aliphatic carbocycles. The molecular formula is C21H33BO2Si. The summed E-state index contributed by atoms with van der Waals surface area (Å²) in [6.45, 7) is 17.7. The normalized spacial score (nSPS) is 20.5. The number of rotatable bonds is 5. The average Bonchev–Trinajstić information content (AvgIpc) is 2.64. The molecule has 2 nitrogen and oxygen atoms in total. The van der Waals surface area contributed by atoms with Crippen LogP contribution in [-0.4, -0.2) is 26.4 Å². The first-order valence-corrected chi connectivity index (χ1v) is 12.8. The van der Waals surface area contributed by atoms with Crippen molar-refractivity contribution in [2.75, 3.05) is 0 Å². The van der Waals surface area contributed by atoms with Crippen LogP contribution in [-0.2, 0) is 9.31 Å². The van der Waals surface area contributed by atoms with Gasteiger partial charge in [-0.3, -0.25) is 0 Å². The molecule has 0 spiro atoms. The summed E-state index contributed by atoms with van der Waals surface area (Å²) in [7, 11) is -1.58. The SMILES string of the molecule is Cc1ccccc1/C(=C\[Si](C)(C)C)C/C=C/B1OC(C)(C)C(C)(C)O1. The highest BCUT2D eigenvalue weighted by atomic mass is 28.3. The van der Waals surface area contributed by atoms with Crippen LogP contribution in [0.1, 0.15) is 45.2 Å². The van der Waals surface area contributed by atoms with Gasteiger partial charge >= 0.3 is 7.12 Å². The molecule has 0 saturated carbocycles. The lowest BCUT2D eigenvalue weighted by molar-refractivity contribution is 0.00578. The molecule has 0 radical (unpaired) electrons. The van der Waals surface area contributed by atoms with E-state index in [1.165, 1.54) is 16.7 Å². The third kappa shape index (κ3) is 5.19. The molecule has 4 heteroatoms. The predicted molar refractivity (Wildman–Crippen MR) is 112 cm³/mol. The summed E-state index contributed by atoms with van der Waals surface area (Å²) in [5, 5.41) is 0. The van der Waals surface area contributed by atoms with Crippen LogP contribution in [0.15, 0.2) is 42.0 Å². The van der Waals surface area contributed by atoms with E-state index in [4.69, 9.17) is 9.31 Å². The van der Waals surface area contributed by atoms with E-state index in [1.807, 2.05) is 0 Å². The second-order valence-corrected chi connectivity index (χ2v) is 14.1. The molecule has 2 rings (SSSR count). The minimum absolute atomic E-state index is 0.269. The topological polar surface area (TPSA) is 18.5 Å². The van der Waals surface area contributed by atoms with Crippen molar-refractivity contribution >= 4 is 20.8 Å². The second kappa shape index (κ2) is 7.26. The molecule has 0 N–H and O–H groups in total. The Morgan fingerprint density at radius 3 is 2.12 bits per heavy atom. The lowest BCUT2D eigenvalue weighted by Crippen LogP contribution is -2.41. The van der Waals surface area contributed by atoms with Crippen LogP contribution in [0.5, 0.6) is 0 Å². The molecule has 0 atom stereocenters. The van der Waals surface area contributed by atoms with Gasteiger partial charge < -0.3 is 9.31 Å². The molecule has 1 aliphatic heterocycles. The predicted octanol–water partition coefficient (Wildman–Crippen LogP) is 5.83. The van der Waals surface area contributed by atoms with Crippen molar-refractivity contribution in [3.8, 4) is 0 Å². The summed E-state index contributed by atoms with van der Waals surface area (Å²) in [6, 6.07) is 8.64. The number of allylic oxidation sites excluding steroid dienone is 2. The van der Waals surface area contributed by atoms with E-state index < -0.39 is 8.07 Å². The Hall–Kier alpha value is -1.10. The van der Waals surface area contributed by atoms with Gasteiger partial charge in [0.05, 0.1) is 19.3 Å². The zero-order valence-electron chi connectivity index (χ0n) is 17.1. The van der Waals surface area contributed by atoms with Gasteiger partial charge in [0.2, 0.25) is 0 Å². The second-order valence-electron chi connectivity index (χ2n) is 9.11. The van der Waals surface area contributed by atoms with Gasteiger partial charge in [-0.1, -0.05) is 61.7 Å². The molecule has 1 aliphatic rings. The summed E-state index contributed by atoms with van der Waals surface area (Å²) in [5.74, 6) is 2.06. The maximum absolute atomic E-state index is 6.06. The highest BCUT2D eigenvalue weighted by Crippen LogP contribution is 2.37. The van der Waals surface area contributed by atoms with Crippen molar-refractivity contribution in [1.29, 1.82) is 0 Å². The van der Waals surface area contributed by atoms with Crippen LogP contribution in [0.25, 0.3) is 5.57 Å². The highest BCUT2D eigenvalue weighted by Gasteiger charge is 2.49. The van der Waals surface area contributed by atoms with E-state index in [0.29, 0.717) is 0 Å². The van der Waals surface area contributed by atoms with Gasteiger partial charge in [0.1, 0.15) is 0 Å². The number of hydrogen-bond donors (Lipinski definition) is 0. The quantitative estimate of drug-likeness (QED) is 0.618. The molecule has 1 fully saturated rings. The van der Waals surface area contributed by atoms with E-state index in [-0.39, 0.29) is 18.3 Å². The minimum atomic E-state index is -1.31. The zero-order chi connectivity index (χ0) is 18.9. The molecule has 1 aromatic carbocycles. The lowest BCUT2D eigenvalue weighted by atomic mass is 9.88. The lowest BCUT2D eigenvalue weighted by Gasteiger charge is -2.32. The zero-order valence-corrected chi connectivity index (χ0v) is 18.1. The van der Waals surface area contributed by atoms with E-state index in [2.05, 4.69) is 96.3 Å². The fraction of sp³-hybridized carbons (Fsp3) is 0.524. The van der Waals surface area contributed by atoms with Gasteiger partial charge in [0, 0.05) is 0 Å². The highest BCUT2D eigenvalue weighted by molar-refractivity contribution is 6.81. The van der Waals surface area contributed by atoms with E-state index >= 15 is 0 Å². The van der Waals surface area contributed by atoms with Crippen LogP contribution in [0, 0.1) is 6.92 Å². The minimum Gasteiger partial charge on any atom is -0.400 e. The average molecular weight is 356 g/mol. The molecule has 1 saturated heterocycles. The summed E-state index contributed by atoms with van der Waals surface area (Å²) in [6.07, 6.45) is 3.10. The van der Waals surface area contributed by atoms with Crippen LogP contribution in [0.2, 0.25) is 19.6 Å². The maximum atomic E-state index is 6.06. The van der Waals surface area contributed by atoms with Gasteiger partial charge in [-0.25, -0.2) is 0 Å². The Labute approximate surface area is 155 Å². The van der Waals surface area contributed by atoms with Crippen LogP contribution < -0.4 is 0 Å². The van der Waals surface area contributed by atoms with E-state index in [1.54, 1.807) is 0 Å². The van der Waals surface area contributed by atoms with Gasteiger partial charge in [-0.2, -0.15) is 0 Å². The summed E-state index contributed by atoms with van der Waals surface area (Å²) >= 11 is 0. The Bertz CT molecular complexity index is 653. The molecule has 0 amide bonds. The molecule has 0 bridgehead atoms. The Morgan fingerprint density at radius 2 is 1.60 bits per heavy atom. The van der Waals surface area contributed by atoms with Crippen LogP contribution in [0.4, 0.5) is 0 Å². The van der Waals surface area contributed by atoms with Gasteiger partial charge in [-0.05, 0) is 57.7 Å². The van der Waals surface area contributed by atoms with Crippen LogP contribution >= 0.6 is 0 Å². The summed E-state index contributed by atoms with van der Waals surface area (Å²) < 4.78 is 12.1. The monoisotopic (exact) mass is 356 g/mol.